The van der Waals surface area contributed by atoms with Gasteiger partial charge in [0.25, 0.3) is 0 Å². The molecule has 0 aliphatic carbocycles. The molecule has 3 fully saturated rings. The molecule has 1 unspecified atom stereocenters. The molecule has 0 amide bonds. The lowest BCUT2D eigenvalue weighted by atomic mass is 9.83. The topological polar surface area (TPSA) is 29.3 Å². The number of rotatable bonds is 0. The van der Waals surface area contributed by atoms with Crippen LogP contribution in [0.1, 0.15) is 25.0 Å². The lowest BCUT2D eigenvalue weighted by Crippen LogP contribution is -2.47. The third-order valence-corrected chi connectivity index (χ3v) is 3.45. The quantitative estimate of drug-likeness (QED) is 0.597. The summed E-state index contributed by atoms with van der Waals surface area (Å²) in [7, 11) is 0. The van der Waals surface area contributed by atoms with Crippen molar-refractivity contribution in [3.8, 4) is 11.8 Å². The van der Waals surface area contributed by atoms with E-state index < -0.39 is 0 Å². The molecule has 3 nitrogen and oxygen atoms in total. The number of fused-ring (bicyclic) bond motifs is 3. The van der Waals surface area contributed by atoms with Crippen LogP contribution in [0.5, 0.6) is 0 Å². The molecule has 0 aromatic carbocycles. The Labute approximate surface area is 89.4 Å². The third kappa shape index (κ3) is 1.78. The number of nitrogens with zero attached hydrogens (tertiary/aromatic N) is 2. The van der Waals surface area contributed by atoms with Crippen molar-refractivity contribution in [2.24, 2.45) is 5.92 Å². The zero-order chi connectivity index (χ0) is 10.1. The maximum atomic E-state index is 4.96. The summed E-state index contributed by atoms with van der Waals surface area (Å²) in [6, 6.07) is 2.26. The lowest BCUT2D eigenvalue weighted by Gasteiger charge is -2.43. The highest BCUT2D eigenvalue weighted by molar-refractivity contribution is 5.26. The van der Waals surface area contributed by atoms with Gasteiger partial charge in [0, 0.05) is 6.07 Å². The normalized spacial score (nSPS) is 33.5. The fraction of sp³-hybridized carbons (Fsp3) is 0.583. The Morgan fingerprint density at radius 2 is 2.27 bits per heavy atom. The average molecular weight is 202 g/mol. The maximum Gasteiger partial charge on any atom is 0.209 e. The first kappa shape index (κ1) is 8.99. The summed E-state index contributed by atoms with van der Waals surface area (Å²) in [4.78, 5) is 2.49. The highest BCUT2D eigenvalue weighted by Gasteiger charge is 2.32. The van der Waals surface area contributed by atoms with E-state index in [0.29, 0.717) is 11.8 Å². The molecule has 1 aromatic rings. The summed E-state index contributed by atoms with van der Waals surface area (Å²) in [6.07, 6.45) is 5.60. The molecule has 1 atom stereocenters. The highest BCUT2D eigenvalue weighted by Crippen LogP contribution is 2.31. The van der Waals surface area contributed by atoms with Gasteiger partial charge in [-0.1, -0.05) is 11.1 Å². The molecule has 4 rings (SSSR count). The van der Waals surface area contributed by atoms with Crippen molar-refractivity contribution in [2.45, 2.75) is 25.3 Å². The Bertz CT molecular complexity index is 379. The molecular formula is C12H14N2O. The van der Waals surface area contributed by atoms with Gasteiger partial charge in [-0.05, 0) is 44.2 Å². The second-order valence-electron chi connectivity index (χ2n) is 4.38. The van der Waals surface area contributed by atoms with E-state index in [1.807, 2.05) is 6.07 Å². The molecule has 0 saturated carbocycles. The highest BCUT2D eigenvalue weighted by atomic mass is 16.5. The molecule has 4 heterocycles. The first-order valence-corrected chi connectivity index (χ1v) is 5.58. The van der Waals surface area contributed by atoms with Crippen LogP contribution in [0, 0.1) is 17.8 Å². The van der Waals surface area contributed by atoms with Gasteiger partial charge in [-0.3, -0.25) is 4.90 Å². The molecular weight excluding hydrogens is 188 g/mol. The van der Waals surface area contributed by atoms with Crippen LogP contribution in [0.3, 0.4) is 0 Å². The van der Waals surface area contributed by atoms with Gasteiger partial charge in [0.1, 0.15) is 0 Å². The van der Waals surface area contributed by atoms with Gasteiger partial charge < -0.3 is 4.52 Å². The van der Waals surface area contributed by atoms with Crippen molar-refractivity contribution in [1.29, 1.82) is 0 Å². The molecule has 3 aliphatic heterocycles. The van der Waals surface area contributed by atoms with Gasteiger partial charge in [0.15, 0.2) is 0 Å². The van der Waals surface area contributed by atoms with E-state index in [9.17, 15) is 0 Å². The van der Waals surface area contributed by atoms with E-state index in [4.69, 9.17) is 4.52 Å². The van der Waals surface area contributed by atoms with E-state index in [-0.39, 0.29) is 0 Å². The molecule has 0 radical (unpaired) electrons. The van der Waals surface area contributed by atoms with E-state index in [2.05, 4.69) is 21.9 Å². The summed E-state index contributed by atoms with van der Waals surface area (Å²) < 4.78 is 4.96. The first-order valence-electron chi connectivity index (χ1n) is 5.58. The van der Waals surface area contributed by atoms with Crippen molar-refractivity contribution in [1.82, 2.24) is 10.1 Å². The van der Waals surface area contributed by atoms with Crippen molar-refractivity contribution < 1.29 is 4.52 Å². The standard InChI is InChI=1S/C12H14N2O/c1(2-12-3-6-13-15-12)11-9-10-4-7-14(11)8-5-10/h3,6,10-11H,4-5,7-9H2. The largest absolute Gasteiger partial charge is 0.348 e. The monoisotopic (exact) mass is 202 g/mol. The van der Waals surface area contributed by atoms with Crippen LogP contribution >= 0.6 is 0 Å². The summed E-state index contributed by atoms with van der Waals surface area (Å²) in [5.41, 5.74) is 0. The second-order valence-corrected chi connectivity index (χ2v) is 4.38. The second kappa shape index (κ2) is 3.71. The molecule has 15 heavy (non-hydrogen) atoms. The van der Waals surface area contributed by atoms with E-state index in [1.54, 1.807) is 6.20 Å². The van der Waals surface area contributed by atoms with Crippen LogP contribution in [0.2, 0.25) is 0 Å². The number of hydrogen-bond donors (Lipinski definition) is 0. The fourth-order valence-electron chi connectivity index (χ4n) is 2.55. The number of hydrogen-bond acceptors (Lipinski definition) is 3. The Morgan fingerprint density at radius 3 is 2.87 bits per heavy atom. The van der Waals surface area contributed by atoms with Crippen LogP contribution in [0.15, 0.2) is 16.8 Å². The third-order valence-electron chi connectivity index (χ3n) is 3.45. The Kier molecular flexibility index (Phi) is 2.22. The zero-order valence-corrected chi connectivity index (χ0v) is 8.65. The number of aromatic nitrogens is 1. The van der Waals surface area contributed by atoms with Crippen molar-refractivity contribution in [3.05, 3.63) is 18.0 Å². The summed E-state index contributed by atoms with van der Waals surface area (Å²) >= 11 is 0. The van der Waals surface area contributed by atoms with Crippen LogP contribution in [-0.2, 0) is 0 Å². The van der Waals surface area contributed by atoms with Gasteiger partial charge in [-0.15, -0.1) is 0 Å². The predicted molar refractivity (Wildman–Crippen MR) is 56.1 cm³/mol. The van der Waals surface area contributed by atoms with Crippen LogP contribution < -0.4 is 0 Å². The SMILES string of the molecule is C(#CC1CC2CCN1CC2)c1ccno1. The molecule has 2 bridgehead atoms. The minimum Gasteiger partial charge on any atom is -0.348 e. The Morgan fingerprint density at radius 1 is 1.40 bits per heavy atom. The minimum atomic E-state index is 0.447. The van der Waals surface area contributed by atoms with E-state index >= 15 is 0 Å². The smallest absolute Gasteiger partial charge is 0.209 e. The van der Waals surface area contributed by atoms with E-state index in [0.717, 1.165) is 5.92 Å². The molecule has 3 aliphatic rings. The zero-order valence-electron chi connectivity index (χ0n) is 8.65. The van der Waals surface area contributed by atoms with Gasteiger partial charge in [-0.25, -0.2) is 0 Å². The van der Waals surface area contributed by atoms with Gasteiger partial charge >= 0.3 is 0 Å². The molecule has 1 aromatic heterocycles. The summed E-state index contributed by atoms with van der Waals surface area (Å²) in [5, 5.41) is 3.64. The van der Waals surface area contributed by atoms with Crippen LogP contribution in [0.25, 0.3) is 0 Å². The molecule has 0 N–H and O–H groups in total. The van der Waals surface area contributed by atoms with Gasteiger partial charge in [0.2, 0.25) is 5.76 Å². The molecule has 3 heteroatoms. The Hall–Kier alpha value is -1.27. The summed E-state index contributed by atoms with van der Waals surface area (Å²) in [5.74, 6) is 7.94. The minimum absolute atomic E-state index is 0.447. The van der Waals surface area contributed by atoms with Gasteiger partial charge in [0.05, 0.1) is 12.2 Å². The van der Waals surface area contributed by atoms with Crippen molar-refractivity contribution in [3.63, 3.8) is 0 Å². The molecule has 0 spiro atoms. The van der Waals surface area contributed by atoms with Crippen LogP contribution in [0.4, 0.5) is 0 Å². The van der Waals surface area contributed by atoms with Gasteiger partial charge in [-0.2, -0.15) is 0 Å². The van der Waals surface area contributed by atoms with E-state index in [1.165, 1.54) is 32.4 Å². The molecule has 78 valence electrons. The average Bonchev–Trinajstić information content (AvgIpc) is 2.81. The van der Waals surface area contributed by atoms with Crippen molar-refractivity contribution >= 4 is 0 Å². The maximum absolute atomic E-state index is 4.96. The summed E-state index contributed by atoms with van der Waals surface area (Å²) in [6.45, 7) is 2.45. The fourth-order valence-corrected chi connectivity index (χ4v) is 2.55. The predicted octanol–water partition coefficient (Wildman–Crippen LogP) is 1.51. The van der Waals surface area contributed by atoms with Crippen LogP contribution in [-0.4, -0.2) is 29.2 Å². The lowest BCUT2D eigenvalue weighted by molar-refractivity contribution is 0.0782. The molecule has 3 saturated heterocycles. The first-order chi connectivity index (χ1) is 7.42. The number of piperidine rings is 3. The van der Waals surface area contributed by atoms with Crippen molar-refractivity contribution in [2.75, 3.05) is 13.1 Å². The Balaban J connectivity index is 1.73.